The summed E-state index contributed by atoms with van der Waals surface area (Å²) >= 11 is 0. The summed E-state index contributed by atoms with van der Waals surface area (Å²) in [6, 6.07) is 10.2. The van der Waals surface area contributed by atoms with Crippen molar-refractivity contribution in [1.29, 1.82) is 0 Å². The van der Waals surface area contributed by atoms with Crippen LogP contribution in [0.2, 0.25) is 0 Å². The molecule has 1 aromatic carbocycles. The molecule has 2 aliphatic heterocycles. The predicted octanol–water partition coefficient (Wildman–Crippen LogP) is 2.87. The third kappa shape index (κ3) is 2.42. The molecule has 0 amide bonds. The highest BCUT2D eigenvalue weighted by Crippen LogP contribution is 2.32. The lowest BCUT2D eigenvalue weighted by Crippen LogP contribution is -2.46. The van der Waals surface area contributed by atoms with Crippen LogP contribution in [0.1, 0.15) is 18.9 Å². The van der Waals surface area contributed by atoms with E-state index < -0.39 is 0 Å². The molecule has 3 nitrogen and oxygen atoms in total. The number of fused-ring (bicyclic) bond motifs is 2. The largest absolute Gasteiger partial charge is 0.473 e. The van der Waals surface area contributed by atoms with Crippen LogP contribution in [0.25, 0.3) is 0 Å². The lowest BCUT2D eigenvalue weighted by Gasteiger charge is -2.40. The van der Waals surface area contributed by atoms with E-state index in [-0.39, 0.29) is 18.5 Å². The van der Waals surface area contributed by atoms with Crippen molar-refractivity contribution in [1.82, 2.24) is 0 Å². The third-order valence-corrected chi connectivity index (χ3v) is 3.56. The molecular formula is C15H18O3. The first-order chi connectivity index (χ1) is 8.83. The van der Waals surface area contributed by atoms with E-state index in [4.69, 9.17) is 14.2 Å². The van der Waals surface area contributed by atoms with Gasteiger partial charge >= 0.3 is 0 Å². The Kier molecular flexibility index (Phi) is 3.35. The smallest absolute Gasteiger partial charge is 0.199 e. The normalized spacial score (nSPS) is 34.1. The second kappa shape index (κ2) is 5.12. The van der Waals surface area contributed by atoms with Crippen molar-refractivity contribution in [2.24, 2.45) is 5.92 Å². The molecule has 0 aromatic heterocycles. The lowest BCUT2D eigenvalue weighted by molar-refractivity contribution is -0.230. The van der Waals surface area contributed by atoms with Crippen LogP contribution in [-0.4, -0.2) is 18.5 Å². The topological polar surface area (TPSA) is 27.7 Å². The van der Waals surface area contributed by atoms with E-state index in [2.05, 4.69) is 25.1 Å². The summed E-state index contributed by atoms with van der Waals surface area (Å²) in [7, 11) is 0. The first kappa shape index (κ1) is 11.8. The number of benzene rings is 1. The second-order valence-corrected chi connectivity index (χ2v) is 4.90. The molecule has 0 radical (unpaired) electrons. The van der Waals surface area contributed by atoms with Crippen molar-refractivity contribution >= 4 is 0 Å². The highest BCUT2D eigenvalue weighted by atomic mass is 16.7. The lowest BCUT2D eigenvalue weighted by atomic mass is 9.91. The van der Waals surface area contributed by atoms with Gasteiger partial charge in [-0.25, -0.2) is 0 Å². The maximum Gasteiger partial charge on any atom is 0.199 e. The van der Waals surface area contributed by atoms with Gasteiger partial charge in [-0.3, -0.25) is 0 Å². The summed E-state index contributed by atoms with van der Waals surface area (Å²) in [6.45, 7) is 2.69. The molecule has 3 heteroatoms. The van der Waals surface area contributed by atoms with Crippen LogP contribution in [0.3, 0.4) is 0 Å². The van der Waals surface area contributed by atoms with E-state index in [1.54, 1.807) is 6.26 Å². The molecule has 1 saturated heterocycles. The van der Waals surface area contributed by atoms with Gasteiger partial charge in [-0.2, -0.15) is 0 Å². The van der Waals surface area contributed by atoms with Crippen molar-refractivity contribution < 1.29 is 14.2 Å². The minimum atomic E-state index is -0.0911. The molecule has 1 aromatic rings. The van der Waals surface area contributed by atoms with Gasteiger partial charge in [0.15, 0.2) is 6.29 Å². The molecule has 3 rings (SSSR count). The van der Waals surface area contributed by atoms with Crippen molar-refractivity contribution in [3.63, 3.8) is 0 Å². The Labute approximate surface area is 107 Å². The average molecular weight is 246 g/mol. The van der Waals surface area contributed by atoms with Crippen LogP contribution in [0.4, 0.5) is 0 Å². The molecular weight excluding hydrogens is 228 g/mol. The highest BCUT2D eigenvalue weighted by molar-refractivity contribution is 5.13. The van der Waals surface area contributed by atoms with Crippen molar-refractivity contribution in [2.45, 2.75) is 38.4 Å². The van der Waals surface area contributed by atoms with Gasteiger partial charge in [0.2, 0.25) is 0 Å². The number of hydrogen-bond donors (Lipinski definition) is 0. The maximum atomic E-state index is 6.04. The molecule has 4 atom stereocenters. The number of ether oxygens (including phenoxy) is 3. The van der Waals surface area contributed by atoms with E-state index in [1.165, 1.54) is 5.56 Å². The summed E-state index contributed by atoms with van der Waals surface area (Å²) < 4.78 is 17.2. The predicted molar refractivity (Wildman–Crippen MR) is 67.7 cm³/mol. The Morgan fingerprint density at radius 1 is 1.28 bits per heavy atom. The van der Waals surface area contributed by atoms with E-state index in [9.17, 15) is 0 Å². The molecule has 0 N–H and O–H groups in total. The van der Waals surface area contributed by atoms with Crippen LogP contribution >= 0.6 is 0 Å². The Balaban J connectivity index is 1.64. The molecule has 0 aliphatic carbocycles. The van der Waals surface area contributed by atoms with Crippen LogP contribution in [-0.2, 0) is 20.8 Å². The average Bonchev–Trinajstić information content (AvgIpc) is 2.39. The standard InChI is InChI=1S/C15H18O3/c1-11-15(13-7-8-16-14(9-13)18-11)17-10-12-5-3-2-4-6-12/h2-8,11,13-15H,9-10H2,1H3/t11-,13-,14-,15-/m0/s1. The van der Waals surface area contributed by atoms with E-state index in [0.717, 1.165) is 6.42 Å². The van der Waals surface area contributed by atoms with Crippen LogP contribution < -0.4 is 0 Å². The summed E-state index contributed by atoms with van der Waals surface area (Å²) in [4.78, 5) is 0. The molecule has 1 fully saturated rings. The van der Waals surface area contributed by atoms with E-state index in [1.807, 2.05) is 18.2 Å². The summed E-state index contributed by atoms with van der Waals surface area (Å²) in [6.07, 6.45) is 4.81. The Hall–Kier alpha value is -1.32. The molecule has 2 aliphatic rings. The van der Waals surface area contributed by atoms with Crippen LogP contribution in [0.15, 0.2) is 42.7 Å². The van der Waals surface area contributed by atoms with Crippen LogP contribution in [0, 0.1) is 5.92 Å². The Morgan fingerprint density at radius 2 is 2.11 bits per heavy atom. The summed E-state index contributed by atoms with van der Waals surface area (Å²) in [5.74, 6) is 0.399. The summed E-state index contributed by atoms with van der Waals surface area (Å²) in [5, 5.41) is 0. The maximum absolute atomic E-state index is 6.04. The second-order valence-electron chi connectivity index (χ2n) is 4.90. The zero-order valence-electron chi connectivity index (χ0n) is 10.5. The zero-order valence-corrected chi connectivity index (χ0v) is 10.5. The molecule has 2 heterocycles. The van der Waals surface area contributed by atoms with Crippen molar-refractivity contribution in [3.05, 3.63) is 48.2 Å². The molecule has 18 heavy (non-hydrogen) atoms. The van der Waals surface area contributed by atoms with Gasteiger partial charge in [0, 0.05) is 12.3 Å². The van der Waals surface area contributed by atoms with Gasteiger partial charge in [0.05, 0.1) is 25.1 Å². The van der Waals surface area contributed by atoms with Gasteiger partial charge in [-0.1, -0.05) is 30.3 Å². The van der Waals surface area contributed by atoms with Gasteiger partial charge in [0.25, 0.3) is 0 Å². The zero-order chi connectivity index (χ0) is 12.4. The Bertz CT molecular complexity index is 415. The molecule has 96 valence electrons. The molecule has 0 saturated carbocycles. The minimum Gasteiger partial charge on any atom is -0.473 e. The van der Waals surface area contributed by atoms with Crippen molar-refractivity contribution in [3.8, 4) is 0 Å². The van der Waals surface area contributed by atoms with Crippen LogP contribution in [0.5, 0.6) is 0 Å². The quantitative estimate of drug-likeness (QED) is 0.820. The van der Waals surface area contributed by atoms with E-state index >= 15 is 0 Å². The Morgan fingerprint density at radius 3 is 2.94 bits per heavy atom. The minimum absolute atomic E-state index is 0.0717. The SMILES string of the molecule is C[C@@H]1O[C@H]2C[C@H](C=CO2)[C@H]1OCc1ccccc1. The number of hydrogen-bond acceptors (Lipinski definition) is 3. The molecule has 0 spiro atoms. The molecule has 2 bridgehead atoms. The summed E-state index contributed by atoms with van der Waals surface area (Å²) in [5.41, 5.74) is 1.20. The third-order valence-electron chi connectivity index (χ3n) is 3.56. The van der Waals surface area contributed by atoms with Crippen molar-refractivity contribution in [2.75, 3.05) is 0 Å². The fourth-order valence-electron chi connectivity index (χ4n) is 2.61. The van der Waals surface area contributed by atoms with Gasteiger partial charge in [-0.05, 0) is 18.6 Å². The fraction of sp³-hybridized carbons (Fsp3) is 0.467. The first-order valence-corrected chi connectivity index (χ1v) is 6.46. The first-order valence-electron chi connectivity index (χ1n) is 6.46. The number of rotatable bonds is 3. The highest BCUT2D eigenvalue weighted by Gasteiger charge is 2.38. The van der Waals surface area contributed by atoms with E-state index in [0.29, 0.717) is 12.5 Å². The van der Waals surface area contributed by atoms with Gasteiger partial charge in [0.1, 0.15) is 0 Å². The van der Waals surface area contributed by atoms with Gasteiger partial charge < -0.3 is 14.2 Å². The molecule has 0 unspecified atom stereocenters. The monoisotopic (exact) mass is 246 g/mol. The fourth-order valence-corrected chi connectivity index (χ4v) is 2.61. The van der Waals surface area contributed by atoms with Gasteiger partial charge in [-0.15, -0.1) is 0 Å².